The molecule has 62 valence electrons. The lowest BCUT2D eigenvalue weighted by Gasteiger charge is -1.90. The first-order valence-electron chi connectivity index (χ1n) is 3.35. The van der Waals surface area contributed by atoms with E-state index >= 15 is 0 Å². The molecular weight excluding hydrogens is 148 g/mol. The Morgan fingerprint density at radius 1 is 1.82 bits per heavy atom. The first-order chi connectivity index (χ1) is 5.33. The highest BCUT2D eigenvalue weighted by Gasteiger charge is 2.01. The minimum Gasteiger partial charge on any atom is -0.539 e. The fraction of sp³-hybridized carbons (Fsp3) is 0.667. The molecule has 0 amide bonds. The van der Waals surface area contributed by atoms with Crippen LogP contribution in [0.2, 0.25) is 0 Å². The van der Waals surface area contributed by atoms with Gasteiger partial charge in [-0.2, -0.15) is 0 Å². The standard InChI is InChI=1S/C6H10N2O3/c1-10-4-2-3-8-5-6(9)11-7-8/h5H,2-4H2,1H3. The van der Waals surface area contributed by atoms with E-state index in [1.165, 1.54) is 10.9 Å². The zero-order valence-electron chi connectivity index (χ0n) is 6.32. The van der Waals surface area contributed by atoms with Gasteiger partial charge in [-0.05, 0) is 0 Å². The summed E-state index contributed by atoms with van der Waals surface area (Å²) in [7, 11) is 1.63. The van der Waals surface area contributed by atoms with E-state index < -0.39 is 5.95 Å². The molecule has 0 atom stereocenters. The van der Waals surface area contributed by atoms with Crippen LogP contribution in [0.15, 0.2) is 10.7 Å². The van der Waals surface area contributed by atoms with Gasteiger partial charge in [0.05, 0.1) is 11.9 Å². The Morgan fingerprint density at radius 3 is 3.18 bits per heavy atom. The number of rotatable bonds is 4. The summed E-state index contributed by atoms with van der Waals surface area (Å²) in [6.45, 7) is 1.31. The fourth-order valence-electron chi connectivity index (χ4n) is 0.738. The van der Waals surface area contributed by atoms with Gasteiger partial charge >= 0.3 is 0 Å². The van der Waals surface area contributed by atoms with Crippen molar-refractivity contribution in [2.45, 2.75) is 13.0 Å². The molecule has 0 saturated carbocycles. The smallest absolute Gasteiger partial charge is 0.221 e. The summed E-state index contributed by atoms with van der Waals surface area (Å²) >= 11 is 0. The van der Waals surface area contributed by atoms with Crippen molar-refractivity contribution in [2.75, 3.05) is 13.7 Å². The highest BCUT2D eigenvalue weighted by Crippen LogP contribution is 1.92. The molecule has 5 nitrogen and oxygen atoms in total. The molecular formula is C6H10N2O3. The van der Waals surface area contributed by atoms with Crippen LogP contribution in [0.5, 0.6) is 5.95 Å². The van der Waals surface area contributed by atoms with Crippen LogP contribution in [-0.2, 0) is 11.3 Å². The maximum atomic E-state index is 10.4. The molecule has 0 spiro atoms. The van der Waals surface area contributed by atoms with Crippen molar-refractivity contribution >= 4 is 0 Å². The van der Waals surface area contributed by atoms with Crippen molar-refractivity contribution in [3.05, 3.63) is 6.20 Å². The van der Waals surface area contributed by atoms with Gasteiger partial charge < -0.3 is 14.4 Å². The maximum absolute atomic E-state index is 10.4. The van der Waals surface area contributed by atoms with Crippen LogP contribution < -0.4 is 9.79 Å². The molecule has 0 aliphatic carbocycles. The Bertz CT molecular complexity index is 211. The minimum absolute atomic E-state index is 0.414. The predicted molar refractivity (Wildman–Crippen MR) is 32.6 cm³/mol. The minimum atomic E-state index is -0.414. The second-order valence-electron chi connectivity index (χ2n) is 2.13. The van der Waals surface area contributed by atoms with Crippen molar-refractivity contribution in [3.63, 3.8) is 0 Å². The number of aromatic nitrogens is 2. The molecule has 0 fully saturated rings. The van der Waals surface area contributed by atoms with Gasteiger partial charge in [0.25, 0.3) is 0 Å². The average Bonchev–Trinajstić information content (AvgIpc) is 2.37. The van der Waals surface area contributed by atoms with E-state index in [0.29, 0.717) is 13.2 Å². The first-order valence-corrected chi connectivity index (χ1v) is 3.35. The highest BCUT2D eigenvalue weighted by molar-refractivity contribution is 4.80. The van der Waals surface area contributed by atoms with Crippen LogP contribution in [0.3, 0.4) is 0 Å². The zero-order chi connectivity index (χ0) is 8.10. The van der Waals surface area contributed by atoms with Gasteiger partial charge in [0.15, 0.2) is 6.54 Å². The Morgan fingerprint density at radius 2 is 2.64 bits per heavy atom. The van der Waals surface area contributed by atoms with Crippen molar-refractivity contribution < 1.29 is 19.0 Å². The molecule has 0 aliphatic heterocycles. The lowest BCUT2D eigenvalue weighted by Crippen LogP contribution is -2.35. The van der Waals surface area contributed by atoms with Crippen LogP contribution >= 0.6 is 0 Å². The second-order valence-corrected chi connectivity index (χ2v) is 2.13. The van der Waals surface area contributed by atoms with E-state index in [-0.39, 0.29) is 0 Å². The van der Waals surface area contributed by atoms with E-state index in [1.54, 1.807) is 7.11 Å². The summed E-state index contributed by atoms with van der Waals surface area (Å²) in [6, 6.07) is 0. The number of hydrogen-bond donors (Lipinski definition) is 0. The molecule has 5 heteroatoms. The zero-order valence-corrected chi connectivity index (χ0v) is 6.32. The molecule has 1 heterocycles. The maximum Gasteiger partial charge on any atom is 0.221 e. The van der Waals surface area contributed by atoms with Crippen LogP contribution in [0, 0.1) is 0 Å². The highest BCUT2D eigenvalue weighted by atomic mass is 16.6. The van der Waals surface area contributed by atoms with E-state index in [4.69, 9.17) is 4.74 Å². The topological polar surface area (TPSA) is 62.2 Å². The SMILES string of the molecule is COCCC[n+]1cc([O-])on1. The number of ether oxygens (including phenoxy) is 1. The molecule has 0 bridgehead atoms. The summed E-state index contributed by atoms with van der Waals surface area (Å²) in [6.07, 6.45) is 2.14. The third kappa shape index (κ3) is 2.55. The van der Waals surface area contributed by atoms with Crippen LogP contribution in [-0.4, -0.2) is 19.0 Å². The lowest BCUT2D eigenvalue weighted by molar-refractivity contribution is -0.762. The van der Waals surface area contributed by atoms with Gasteiger partial charge in [0, 0.05) is 13.5 Å². The third-order valence-electron chi connectivity index (χ3n) is 1.23. The van der Waals surface area contributed by atoms with Gasteiger partial charge in [-0.3, -0.25) is 0 Å². The summed E-state index contributed by atoms with van der Waals surface area (Å²) in [5, 5.41) is 13.9. The third-order valence-corrected chi connectivity index (χ3v) is 1.23. The number of nitrogens with zero attached hydrogens (tertiary/aromatic N) is 2. The molecule has 1 rings (SSSR count). The Labute approximate surface area is 64.2 Å². The molecule has 11 heavy (non-hydrogen) atoms. The fourth-order valence-corrected chi connectivity index (χ4v) is 0.738. The summed E-state index contributed by atoms with van der Waals surface area (Å²) in [5.41, 5.74) is 0. The molecule has 0 aliphatic rings. The van der Waals surface area contributed by atoms with Crippen molar-refractivity contribution in [1.82, 2.24) is 5.27 Å². The van der Waals surface area contributed by atoms with Crippen molar-refractivity contribution in [1.29, 1.82) is 0 Å². The quantitative estimate of drug-likeness (QED) is 0.419. The molecule has 1 aromatic rings. The van der Waals surface area contributed by atoms with Gasteiger partial charge in [0.2, 0.25) is 6.20 Å². The first kappa shape index (κ1) is 8.00. The predicted octanol–water partition coefficient (Wildman–Crippen LogP) is -0.928. The van der Waals surface area contributed by atoms with E-state index in [0.717, 1.165) is 6.42 Å². The van der Waals surface area contributed by atoms with Crippen LogP contribution in [0.4, 0.5) is 0 Å². The normalized spacial score (nSPS) is 10.3. The van der Waals surface area contributed by atoms with Crippen molar-refractivity contribution in [3.8, 4) is 5.95 Å². The van der Waals surface area contributed by atoms with Crippen LogP contribution in [0.1, 0.15) is 6.42 Å². The van der Waals surface area contributed by atoms with Gasteiger partial charge in [-0.1, -0.05) is 4.68 Å². The summed E-state index contributed by atoms with van der Waals surface area (Å²) in [4.78, 5) is 0. The largest absolute Gasteiger partial charge is 0.539 e. The lowest BCUT2D eigenvalue weighted by atomic mass is 10.4. The molecule has 0 unspecified atom stereocenters. The molecule has 0 N–H and O–H groups in total. The number of aryl methyl sites for hydroxylation is 1. The molecule has 0 radical (unpaired) electrons. The molecule has 0 aromatic carbocycles. The van der Waals surface area contributed by atoms with Gasteiger partial charge in [0.1, 0.15) is 5.95 Å². The summed E-state index contributed by atoms with van der Waals surface area (Å²) in [5.74, 6) is -0.414. The number of hydrogen-bond acceptors (Lipinski definition) is 4. The molecule has 0 saturated heterocycles. The Hall–Kier alpha value is -1.10. The van der Waals surface area contributed by atoms with E-state index in [9.17, 15) is 5.11 Å². The second kappa shape index (κ2) is 3.92. The number of methoxy groups -OCH3 is 1. The summed E-state index contributed by atoms with van der Waals surface area (Å²) < 4.78 is 10.6. The Balaban J connectivity index is 2.27. The van der Waals surface area contributed by atoms with E-state index in [1.807, 2.05) is 0 Å². The van der Waals surface area contributed by atoms with E-state index in [2.05, 4.69) is 9.79 Å². The van der Waals surface area contributed by atoms with Gasteiger partial charge in [-0.15, -0.1) is 0 Å². The average molecular weight is 158 g/mol. The van der Waals surface area contributed by atoms with Crippen molar-refractivity contribution in [2.24, 2.45) is 0 Å². The van der Waals surface area contributed by atoms with Crippen LogP contribution in [0.25, 0.3) is 0 Å². The Kier molecular flexibility index (Phi) is 2.85. The molecule has 1 aromatic heterocycles. The monoisotopic (exact) mass is 158 g/mol. The van der Waals surface area contributed by atoms with Gasteiger partial charge in [-0.25, -0.2) is 0 Å².